The summed E-state index contributed by atoms with van der Waals surface area (Å²) in [6, 6.07) is 22.6. The van der Waals surface area contributed by atoms with E-state index in [0.717, 1.165) is 18.5 Å². The average molecular weight is 357 g/mol. The zero-order chi connectivity index (χ0) is 19.0. The van der Waals surface area contributed by atoms with Crippen LogP contribution in [0.3, 0.4) is 0 Å². The molecule has 1 N–H and O–H groups in total. The summed E-state index contributed by atoms with van der Waals surface area (Å²) < 4.78 is 0. The van der Waals surface area contributed by atoms with Crippen LogP contribution in [-0.2, 0) is 6.42 Å². The van der Waals surface area contributed by atoms with Crippen LogP contribution >= 0.6 is 0 Å². The molecule has 138 valence electrons. The topological polar surface area (TPSA) is 15.3 Å². The third-order valence-corrected chi connectivity index (χ3v) is 5.93. The first-order valence-corrected chi connectivity index (χ1v) is 9.88. The molecule has 0 aliphatic heterocycles. The van der Waals surface area contributed by atoms with Gasteiger partial charge in [0.2, 0.25) is 0 Å². The Morgan fingerprint density at radius 2 is 1.70 bits per heavy atom. The molecule has 0 radical (unpaired) electrons. The number of anilines is 3. The molecular weight excluding hydrogens is 328 g/mol. The summed E-state index contributed by atoms with van der Waals surface area (Å²) in [6.07, 6.45) is 2.17. The van der Waals surface area contributed by atoms with Crippen LogP contribution < -0.4 is 10.2 Å². The molecule has 0 amide bonds. The smallest absolute Gasteiger partial charge is 0.0417 e. The Morgan fingerprint density at radius 3 is 2.44 bits per heavy atom. The molecule has 1 aliphatic carbocycles. The fraction of sp³-hybridized carbons (Fsp3) is 0.280. The van der Waals surface area contributed by atoms with Gasteiger partial charge in [0.1, 0.15) is 0 Å². The van der Waals surface area contributed by atoms with E-state index in [1.165, 1.54) is 39.2 Å². The summed E-state index contributed by atoms with van der Waals surface area (Å²) in [5, 5.41) is 3.57. The first-order chi connectivity index (χ1) is 13.1. The van der Waals surface area contributed by atoms with Gasteiger partial charge in [0.15, 0.2) is 0 Å². The van der Waals surface area contributed by atoms with E-state index in [1.807, 2.05) is 6.07 Å². The minimum Gasteiger partial charge on any atom is -0.372 e. The third kappa shape index (κ3) is 3.32. The molecule has 1 atom stereocenters. The van der Waals surface area contributed by atoms with Crippen LogP contribution in [0, 0.1) is 6.92 Å². The molecule has 0 heterocycles. The lowest BCUT2D eigenvalue weighted by atomic mass is 10.0. The van der Waals surface area contributed by atoms with Gasteiger partial charge in [0.05, 0.1) is 0 Å². The number of hydrogen-bond acceptors (Lipinski definition) is 2. The van der Waals surface area contributed by atoms with Crippen LogP contribution in [0.1, 0.15) is 37.0 Å². The van der Waals surface area contributed by atoms with Gasteiger partial charge < -0.3 is 10.2 Å². The lowest BCUT2D eigenvalue weighted by Crippen LogP contribution is -2.27. The third-order valence-electron chi connectivity index (χ3n) is 5.93. The van der Waals surface area contributed by atoms with Gasteiger partial charge in [-0.2, -0.15) is 0 Å². The number of benzene rings is 3. The minimum atomic E-state index is 0.545. The molecule has 0 saturated carbocycles. The first kappa shape index (κ1) is 17.7. The van der Waals surface area contributed by atoms with E-state index in [1.54, 1.807) is 0 Å². The van der Waals surface area contributed by atoms with Crippen molar-refractivity contribution in [1.29, 1.82) is 0 Å². The van der Waals surface area contributed by atoms with Gasteiger partial charge in [-0.25, -0.2) is 0 Å². The molecule has 0 saturated heterocycles. The van der Waals surface area contributed by atoms with Crippen molar-refractivity contribution >= 4 is 17.1 Å². The largest absolute Gasteiger partial charge is 0.372 e. The molecule has 27 heavy (non-hydrogen) atoms. The predicted molar refractivity (Wildman–Crippen MR) is 117 cm³/mol. The summed E-state index contributed by atoms with van der Waals surface area (Å²) in [4.78, 5) is 2.39. The highest BCUT2D eigenvalue weighted by Gasteiger charge is 2.21. The molecular formula is C25H28N2. The predicted octanol–water partition coefficient (Wildman–Crippen LogP) is 6.54. The summed E-state index contributed by atoms with van der Waals surface area (Å²) in [6.45, 7) is 6.72. The van der Waals surface area contributed by atoms with Crippen molar-refractivity contribution in [2.75, 3.05) is 17.3 Å². The normalized spacial score (nSPS) is 13.0. The van der Waals surface area contributed by atoms with Crippen LogP contribution in [-0.4, -0.2) is 13.1 Å². The fourth-order valence-corrected chi connectivity index (χ4v) is 3.88. The van der Waals surface area contributed by atoms with Crippen molar-refractivity contribution in [3.63, 3.8) is 0 Å². The summed E-state index contributed by atoms with van der Waals surface area (Å²) in [5.41, 5.74) is 10.6. The fourth-order valence-electron chi connectivity index (χ4n) is 3.88. The van der Waals surface area contributed by atoms with E-state index in [9.17, 15) is 0 Å². The number of aryl methyl sites for hydroxylation is 1. The molecule has 4 rings (SSSR count). The van der Waals surface area contributed by atoms with E-state index < -0.39 is 0 Å². The molecule has 0 fully saturated rings. The number of para-hydroxylation sites is 1. The Labute approximate surface area is 162 Å². The van der Waals surface area contributed by atoms with E-state index in [-0.39, 0.29) is 0 Å². The maximum absolute atomic E-state index is 3.57. The van der Waals surface area contributed by atoms with E-state index in [0.29, 0.717) is 6.04 Å². The Morgan fingerprint density at radius 1 is 0.963 bits per heavy atom. The second kappa shape index (κ2) is 7.11. The van der Waals surface area contributed by atoms with Gasteiger partial charge in [-0.05, 0) is 90.9 Å². The average Bonchev–Trinajstić information content (AvgIpc) is 3.04. The zero-order valence-electron chi connectivity index (χ0n) is 16.7. The molecule has 1 unspecified atom stereocenters. The molecule has 0 spiro atoms. The molecule has 2 heteroatoms. The first-order valence-electron chi connectivity index (χ1n) is 9.88. The van der Waals surface area contributed by atoms with Crippen LogP contribution in [0.2, 0.25) is 0 Å². The molecule has 1 aliphatic rings. The highest BCUT2D eigenvalue weighted by atomic mass is 15.1. The standard InChI is InChI=1S/C25H28N2/c1-5-18(3)27(4)22-12-11-19-14-20-15-25(26-21-9-7-6-8-10-21)17(2)13-23(20)24(19)16-22/h6-13,15-16,18,26H,5,14H2,1-4H3. The number of nitrogens with zero attached hydrogens (tertiary/aromatic N) is 1. The highest BCUT2D eigenvalue weighted by Crippen LogP contribution is 2.41. The van der Waals surface area contributed by atoms with Crippen LogP contribution in [0.25, 0.3) is 11.1 Å². The monoisotopic (exact) mass is 356 g/mol. The van der Waals surface area contributed by atoms with Crippen molar-refractivity contribution in [3.05, 3.63) is 77.4 Å². The van der Waals surface area contributed by atoms with E-state index >= 15 is 0 Å². The highest BCUT2D eigenvalue weighted by molar-refractivity contribution is 5.83. The molecule has 3 aromatic carbocycles. The second-order valence-corrected chi connectivity index (χ2v) is 7.70. The van der Waals surface area contributed by atoms with Crippen LogP contribution in [0.5, 0.6) is 0 Å². The SMILES string of the molecule is CCC(C)N(C)c1ccc2c(c1)-c1cc(C)c(Nc3ccccc3)cc1C2. The van der Waals surface area contributed by atoms with Crippen molar-refractivity contribution in [1.82, 2.24) is 0 Å². The summed E-state index contributed by atoms with van der Waals surface area (Å²) >= 11 is 0. The van der Waals surface area contributed by atoms with Gasteiger partial charge in [-0.3, -0.25) is 0 Å². The lowest BCUT2D eigenvalue weighted by Gasteiger charge is -2.26. The van der Waals surface area contributed by atoms with Crippen LogP contribution in [0.15, 0.2) is 60.7 Å². The second-order valence-electron chi connectivity index (χ2n) is 7.70. The summed E-state index contributed by atoms with van der Waals surface area (Å²) in [5.74, 6) is 0. The summed E-state index contributed by atoms with van der Waals surface area (Å²) in [7, 11) is 2.20. The maximum atomic E-state index is 3.57. The number of fused-ring (bicyclic) bond motifs is 3. The Hall–Kier alpha value is -2.74. The van der Waals surface area contributed by atoms with Crippen molar-refractivity contribution in [3.8, 4) is 11.1 Å². The molecule has 2 nitrogen and oxygen atoms in total. The molecule has 0 aromatic heterocycles. The van der Waals surface area contributed by atoms with Gasteiger partial charge in [0, 0.05) is 30.2 Å². The quantitative estimate of drug-likeness (QED) is 0.436. The van der Waals surface area contributed by atoms with Gasteiger partial charge in [0.25, 0.3) is 0 Å². The minimum absolute atomic E-state index is 0.545. The number of nitrogens with one attached hydrogen (secondary N) is 1. The maximum Gasteiger partial charge on any atom is 0.0417 e. The van der Waals surface area contributed by atoms with E-state index in [4.69, 9.17) is 0 Å². The van der Waals surface area contributed by atoms with Gasteiger partial charge in [-0.1, -0.05) is 31.2 Å². The number of hydrogen-bond donors (Lipinski definition) is 1. The number of rotatable bonds is 5. The van der Waals surface area contributed by atoms with Gasteiger partial charge >= 0.3 is 0 Å². The molecule has 0 bridgehead atoms. The lowest BCUT2D eigenvalue weighted by molar-refractivity contribution is 0.664. The Balaban J connectivity index is 1.68. The van der Waals surface area contributed by atoms with E-state index in [2.05, 4.69) is 92.6 Å². The van der Waals surface area contributed by atoms with Crippen molar-refractivity contribution in [2.24, 2.45) is 0 Å². The van der Waals surface area contributed by atoms with Crippen molar-refractivity contribution < 1.29 is 0 Å². The van der Waals surface area contributed by atoms with Gasteiger partial charge in [-0.15, -0.1) is 0 Å². The van der Waals surface area contributed by atoms with Crippen molar-refractivity contribution in [2.45, 2.75) is 39.7 Å². The van der Waals surface area contributed by atoms with Crippen LogP contribution in [0.4, 0.5) is 17.1 Å². The Bertz CT molecular complexity index is 960. The molecule has 3 aromatic rings. The zero-order valence-corrected chi connectivity index (χ0v) is 16.7. The Kier molecular flexibility index (Phi) is 4.65.